The van der Waals surface area contributed by atoms with Crippen LogP contribution in [0.25, 0.3) is 0 Å². The molecule has 57 valence electrons. The molecule has 1 heteroatoms. The van der Waals surface area contributed by atoms with Crippen molar-refractivity contribution < 1.29 is 5.11 Å². The maximum Gasteiger partial charge on any atom is 0.0994 e. The van der Waals surface area contributed by atoms with E-state index in [4.69, 9.17) is 6.42 Å². The van der Waals surface area contributed by atoms with Crippen LogP contribution in [-0.4, -0.2) is 5.60 Å². The third-order valence-electron chi connectivity index (χ3n) is 1.26. The summed E-state index contributed by atoms with van der Waals surface area (Å²) in [6, 6.07) is 0. The first kappa shape index (κ1) is 9.52. The fourth-order valence-electron chi connectivity index (χ4n) is 1.12. The molecule has 0 heterocycles. The summed E-state index contributed by atoms with van der Waals surface area (Å²) in [4.78, 5) is 0. The lowest BCUT2D eigenvalue weighted by atomic mass is 9.83. The standard InChI is InChI=1S/C9H15O/c1-6-8(2,3)7-9(4,5)10/h1H,7H2,2-5H3. The van der Waals surface area contributed by atoms with E-state index in [2.05, 4.69) is 5.92 Å². The zero-order valence-electron chi connectivity index (χ0n) is 7.19. The molecule has 0 aliphatic heterocycles. The van der Waals surface area contributed by atoms with Crippen molar-refractivity contribution in [3.8, 4) is 12.3 Å². The molecule has 0 aliphatic rings. The molecule has 1 nitrogen and oxygen atoms in total. The molecular formula is C9H15O. The molecule has 0 saturated heterocycles. The van der Waals surface area contributed by atoms with Crippen LogP contribution < -0.4 is 0 Å². The van der Waals surface area contributed by atoms with E-state index in [0.29, 0.717) is 6.42 Å². The van der Waals surface area contributed by atoms with Gasteiger partial charge in [0.25, 0.3) is 0 Å². The van der Waals surface area contributed by atoms with Gasteiger partial charge in [0.05, 0.1) is 5.60 Å². The predicted octanol–water partition coefficient (Wildman–Crippen LogP) is 2.25. The number of hydrogen-bond donors (Lipinski definition) is 0. The number of terminal acetylenes is 1. The lowest BCUT2D eigenvalue weighted by Gasteiger charge is -2.24. The van der Waals surface area contributed by atoms with E-state index in [1.54, 1.807) is 13.8 Å². The van der Waals surface area contributed by atoms with Crippen molar-refractivity contribution in [2.45, 2.75) is 39.7 Å². The van der Waals surface area contributed by atoms with Gasteiger partial charge >= 0.3 is 0 Å². The largest absolute Gasteiger partial charge is 0.230 e. The summed E-state index contributed by atoms with van der Waals surface area (Å²) in [5.74, 6) is 2.60. The average molecular weight is 139 g/mol. The molecule has 0 amide bonds. The Morgan fingerprint density at radius 2 is 1.70 bits per heavy atom. The van der Waals surface area contributed by atoms with Gasteiger partial charge in [0.1, 0.15) is 0 Å². The minimum absolute atomic E-state index is 0.259. The third-order valence-corrected chi connectivity index (χ3v) is 1.26. The van der Waals surface area contributed by atoms with Gasteiger partial charge in [-0.3, -0.25) is 0 Å². The Hall–Kier alpha value is -0.480. The summed E-state index contributed by atoms with van der Waals surface area (Å²) in [5, 5.41) is 11.2. The summed E-state index contributed by atoms with van der Waals surface area (Å²) in [6.45, 7) is 7.14. The van der Waals surface area contributed by atoms with Crippen LogP contribution in [0.3, 0.4) is 0 Å². The zero-order valence-corrected chi connectivity index (χ0v) is 7.19. The second kappa shape index (κ2) is 2.64. The molecule has 0 saturated carbocycles. The number of hydrogen-bond acceptors (Lipinski definition) is 0. The number of rotatable bonds is 2. The quantitative estimate of drug-likeness (QED) is 0.523. The van der Waals surface area contributed by atoms with E-state index in [1.807, 2.05) is 13.8 Å². The van der Waals surface area contributed by atoms with Crippen LogP contribution in [-0.2, 0) is 5.11 Å². The highest BCUT2D eigenvalue weighted by Crippen LogP contribution is 2.26. The van der Waals surface area contributed by atoms with E-state index < -0.39 is 5.60 Å². The van der Waals surface area contributed by atoms with Crippen molar-refractivity contribution in [1.29, 1.82) is 0 Å². The van der Waals surface area contributed by atoms with E-state index in [0.717, 1.165) is 0 Å². The third kappa shape index (κ3) is 4.40. The molecule has 0 rings (SSSR count). The maximum atomic E-state index is 11.2. The van der Waals surface area contributed by atoms with E-state index in [-0.39, 0.29) is 5.41 Å². The topological polar surface area (TPSA) is 19.9 Å². The maximum absolute atomic E-state index is 11.2. The van der Waals surface area contributed by atoms with Gasteiger partial charge in [0, 0.05) is 5.41 Å². The van der Waals surface area contributed by atoms with E-state index in [9.17, 15) is 5.11 Å². The van der Waals surface area contributed by atoms with Gasteiger partial charge in [0.2, 0.25) is 0 Å². The summed E-state index contributed by atoms with van der Waals surface area (Å²) in [5.41, 5.74) is -1.17. The van der Waals surface area contributed by atoms with Gasteiger partial charge in [-0.15, -0.1) is 12.3 Å². The molecule has 0 bridgehead atoms. The van der Waals surface area contributed by atoms with Gasteiger partial charge in [0.15, 0.2) is 0 Å². The Bertz CT molecular complexity index is 143. The molecule has 0 aromatic carbocycles. The fraction of sp³-hybridized carbons (Fsp3) is 0.778. The smallest absolute Gasteiger partial charge is 0.0994 e. The van der Waals surface area contributed by atoms with Crippen LogP contribution in [0.5, 0.6) is 0 Å². The molecular weight excluding hydrogens is 124 g/mol. The highest BCUT2D eigenvalue weighted by molar-refractivity contribution is 5.02. The second-order valence-corrected chi connectivity index (χ2v) is 3.96. The molecule has 0 aromatic heterocycles. The molecule has 0 atom stereocenters. The fourth-order valence-corrected chi connectivity index (χ4v) is 1.12. The van der Waals surface area contributed by atoms with Crippen LogP contribution >= 0.6 is 0 Å². The zero-order chi connectivity index (χ0) is 8.41. The van der Waals surface area contributed by atoms with Crippen LogP contribution in [0.2, 0.25) is 0 Å². The summed E-state index contributed by atoms with van der Waals surface area (Å²) in [7, 11) is 0. The average Bonchev–Trinajstić information content (AvgIpc) is 1.60. The summed E-state index contributed by atoms with van der Waals surface area (Å²) in [6.07, 6.45) is 5.75. The first-order chi connectivity index (χ1) is 4.27. The van der Waals surface area contributed by atoms with Crippen molar-refractivity contribution in [2.75, 3.05) is 0 Å². The van der Waals surface area contributed by atoms with Crippen molar-refractivity contribution >= 4 is 0 Å². The molecule has 10 heavy (non-hydrogen) atoms. The van der Waals surface area contributed by atoms with Crippen LogP contribution in [0.15, 0.2) is 0 Å². The second-order valence-electron chi connectivity index (χ2n) is 3.96. The molecule has 0 fully saturated rings. The van der Waals surface area contributed by atoms with Crippen molar-refractivity contribution in [2.24, 2.45) is 5.41 Å². The highest BCUT2D eigenvalue weighted by atomic mass is 16.3. The first-order valence-corrected chi connectivity index (χ1v) is 3.45. The lowest BCUT2D eigenvalue weighted by molar-refractivity contribution is -0.0212. The SMILES string of the molecule is C#CC(C)(C)CC(C)(C)[O]. The van der Waals surface area contributed by atoms with Crippen molar-refractivity contribution in [1.82, 2.24) is 0 Å². The molecule has 0 N–H and O–H groups in total. The van der Waals surface area contributed by atoms with Gasteiger partial charge in [-0.1, -0.05) is 0 Å². The summed E-state index contributed by atoms with van der Waals surface area (Å²) < 4.78 is 0. The monoisotopic (exact) mass is 139 g/mol. The Kier molecular flexibility index (Phi) is 2.51. The van der Waals surface area contributed by atoms with E-state index in [1.165, 1.54) is 0 Å². The summed E-state index contributed by atoms with van der Waals surface area (Å²) >= 11 is 0. The molecule has 0 aliphatic carbocycles. The van der Waals surface area contributed by atoms with Crippen molar-refractivity contribution in [3.63, 3.8) is 0 Å². The van der Waals surface area contributed by atoms with Gasteiger partial charge in [-0.25, -0.2) is 5.11 Å². The van der Waals surface area contributed by atoms with Gasteiger partial charge in [-0.05, 0) is 34.1 Å². The molecule has 0 unspecified atom stereocenters. The molecule has 0 spiro atoms. The lowest BCUT2D eigenvalue weighted by Crippen LogP contribution is -2.25. The van der Waals surface area contributed by atoms with Gasteiger partial charge in [-0.2, -0.15) is 0 Å². The minimum Gasteiger partial charge on any atom is -0.230 e. The molecule has 0 aromatic rings. The van der Waals surface area contributed by atoms with Crippen LogP contribution in [0.4, 0.5) is 0 Å². The Morgan fingerprint density at radius 1 is 1.30 bits per heavy atom. The normalized spacial score (nSPS) is 12.8. The highest BCUT2D eigenvalue weighted by Gasteiger charge is 2.26. The van der Waals surface area contributed by atoms with E-state index >= 15 is 0 Å². The van der Waals surface area contributed by atoms with Crippen LogP contribution in [0.1, 0.15) is 34.1 Å². The molecule has 1 radical (unpaired) electrons. The Labute approximate surface area is 63.5 Å². The Balaban J connectivity index is 4.05. The van der Waals surface area contributed by atoms with Crippen LogP contribution in [0, 0.1) is 17.8 Å². The van der Waals surface area contributed by atoms with Crippen molar-refractivity contribution in [3.05, 3.63) is 0 Å². The first-order valence-electron chi connectivity index (χ1n) is 3.45. The van der Waals surface area contributed by atoms with Gasteiger partial charge < -0.3 is 0 Å². The Morgan fingerprint density at radius 3 is 1.80 bits per heavy atom. The minimum atomic E-state index is -0.907. The predicted molar refractivity (Wildman–Crippen MR) is 42.0 cm³/mol.